The van der Waals surface area contributed by atoms with E-state index in [-0.39, 0.29) is 0 Å². The summed E-state index contributed by atoms with van der Waals surface area (Å²) in [7, 11) is 2.14. The largest absolute Gasteiger partial charge is 0.355 e. The number of rotatable bonds is 1. The lowest BCUT2D eigenvalue weighted by Crippen LogP contribution is -2.24. The summed E-state index contributed by atoms with van der Waals surface area (Å²) in [5.41, 5.74) is 5.21. The van der Waals surface area contributed by atoms with Crippen LogP contribution in [0.1, 0.15) is 5.56 Å². The van der Waals surface area contributed by atoms with Gasteiger partial charge >= 0.3 is 0 Å². The Morgan fingerprint density at radius 1 is 0.824 bits per heavy atom. The minimum Gasteiger partial charge on any atom is -0.355 e. The molecule has 2 aromatic carbocycles. The van der Waals surface area contributed by atoms with Gasteiger partial charge in [-0.3, -0.25) is 0 Å². The van der Waals surface area contributed by atoms with Gasteiger partial charge in [0, 0.05) is 12.7 Å². The topological polar surface area (TPSA) is 6.48 Å². The number of hydrogen-bond acceptors (Lipinski definition) is 2. The smallest absolute Gasteiger partial charge is 0.0950 e. The van der Waals surface area contributed by atoms with Crippen LogP contribution >= 0.6 is 0 Å². The highest BCUT2D eigenvalue weighted by atomic mass is 15.4. The van der Waals surface area contributed by atoms with Crippen molar-refractivity contribution in [3.8, 4) is 0 Å². The first kappa shape index (κ1) is 10.2. The maximum absolute atomic E-state index is 2.37. The second-order valence-electron chi connectivity index (χ2n) is 4.54. The fraction of sp³-hybridized carbons (Fsp3) is 0.200. The zero-order valence-electron chi connectivity index (χ0n) is 10.2. The van der Waals surface area contributed by atoms with E-state index in [4.69, 9.17) is 0 Å². The first-order valence-electron chi connectivity index (χ1n) is 5.91. The minimum atomic E-state index is 0.921. The fourth-order valence-corrected chi connectivity index (χ4v) is 2.45. The van der Waals surface area contributed by atoms with Crippen molar-refractivity contribution in [1.29, 1.82) is 0 Å². The molecule has 0 fully saturated rings. The van der Waals surface area contributed by atoms with Gasteiger partial charge in [0.1, 0.15) is 0 Å². The van der Waals surface area contributed by atoms with Crippen LogP contribution in [0.4, 0.5) is 17.1 Å². The minimum absolute atomic E-state index is 0.921. The highest BCUT2D eigenvalue weighted by Gasteiger charge is 2.24. The van der Waals surface area contributed by atoms with Crippen molar-refractivity contribution in [3.63, 3.8) is 0 Å². The van der Waals surface area contributed by atoms with Crippen LogP contribution in [0.3, 0.4) is 0 Å². The second-order valence-corrected chi connectivity index (χ2v) is 4.54. The van der Waals surface area contributed by atoms with E-state index in [2.05, 4.69) is 72.3 Å². The molecule has 0 atom stereocenters. The van der Waals surface area contributed by atoms with Crippen molar-refractivity contribution in [1.82, 2.24) is 0 Å². The molecule has 0 saturated carbocycles. The maximum atomic E-state index is 2.37. The van der Waals surface area contributed by atoms with Crippen molar-refractivity contribution in [3.05, 3.63) is 54.1 Å². The highest BCUT2D eigenvalue weighted by molar-refractivity contribution is 5.82. The van der Waals surface area contributed by atoms with E-state index in [1.807, 2.05) is 0 Å². The van der Waals surface area contributed by atoms with Crippen molar-refractivity contribution in [2.45, 2.75) is 6.92 Å². The summed E-state index contributed by atoms with van der Waals surface area (Å²) in [6.45, 7) is 3.08. The van der Waals surface area contributed by atoms with Crippen LogP contribution in [0.15, 0.2) is 48.5 Å². The predicted octanol–water partition coefficient (Wildman–Crippen LogP) is 3.54. The first-order chi connectivity index (χ1) is 8.27. The van der Waals surface area contributed by atoms with Gasteiger partial charge in [0.25, 0.3) is 0 Å². The monoisotopic (exact) mass is 224 g/mol. The van der Waals surface area contributed by atoms with Crippen LogP contribution in [-0.2, 0) is 0 Å². The number of benzene rings is 2. The lowest BCUT2D eigenvalue weighted by molar-refractivity contribution is 0.946. The van der Waals surface area contributed by atoms with E-state index in [0.717, 1.165) is 6.67 Å². The van der Waals surface area contributed by atoms with Crippen molar-refractivity contribution >= 4 is 17.1 Å². The number of fused-ring (bicyclic) bond motifs is 1. The average molecular weight is 224 g/mol. The summed E-state index contributed by atoms with van der Waals surface area (Å²) in [5, 5.41) is 0. The molecule has 1 heterocycles. The number of aryl methyl sites for hydroxylation is 1. The zero-order chi connectivity index (χ0) is 11.8. The Kier molecular flexibility index (Phi) is 2.29. The summed E-state index contributed by atoms with van der Waals surface area (Å²) >= 11 is 0. The Labute approximate surface area is 102 Å². The molecule has 0 N–H and O–H groups in total. The quantitative estimate of drug-likeness (QED) is 0.731. The molecule has 1 aliphatic heterocycles. The molecule has 2 heteroatoms. The van der Waals surface area contributed by atoms with Crippen LogP contribution in [-0.4, -0.2) is 13.7 Å². The van der Waals surface area contributed by atoms with Crippen molar-refractivity contribution in [2.75, 3.05) is 23.5 Å². The van der Waals surface area contributed by atoms with Gasteiger partial charge in [0.15, 0.2) is 0 Å². The SMILES string of the molecule is Cc1ccccc1N1CN(C)c2ccccc21. The maximum Gasteiger partial charge on any atom is 0.0950 e. The normalized spacial score (nSPS) is 14.0. The van der Waals surface area contributed by atoms with Crippen molar-refractivity contribution < 1.29 is 0 Å². The van der Waals surface area contributed by atoms with Gasteiger partial charge in [0.2, 0.25) is 0 Å². The van der Waals surface area contributed by atoms with Gasteiger partial charge in [-0.1, -0.05) is 30.3 Å². The summed E-state index contributed by atoms with van der Waals surface area (Å²) in [5.74, 6) is 0. The lowest BCUT2D eigenvalue weighted by atomic mass is 10.1. The zero-order valence-corrected chi connectivity index (χ0v) is 10.2. The highest BCUT2D eigenvalue weighted by Crippen LogP contribution is 2.40. The third-order valence-corrected chi connectivity index (χ3v) is 3.34. The van der Waals surface area contributed by atoms with E-state index in [0.29, 0.717) is 0 Å². The Morgan fingerprint density at radius 3 is 2.12 bits per heavy atom. The molecule has 0 unspecified atom stereocenters. The number of para-hydroxylation sites is 3. The Bertz CT molecular complexity index is 548. The van der Waals surface area contributed by atoms with Gasteiger partial charge in [-0.2, -0.15) is 0 Å². The molecule has 0 aromatic heterocycles. The Hall–Kier alpha value is -1.96. The molecular formula is C15H16N2. The third-order valence-electron chi connectivity index (χ3n) is 3.34. The molecule has 3 rings (SSSR count). The summed E-state index contributed by atoms with van der Waals surface area (Å²) in [6, 6.07) is 17.1. The van der Waals surface area contributed by atoms with E-state index < -0.39 is 0 Å². The standard InChI is InChI=1S/C15H16N2/c1-12-7-3-4-8-13(12)17-11-16(2)14-9-5-6-10-15(14)17/h3-10H,11H2,1-2H3. The van der Waals surface area contributed by atoms with Gasteiger partial charge in [-0.05, 0) is 30.7 Å². The van der Waals surface area contributed by atoms with Crippen LogP contribution in [0.2, 0.25) is 0 Å². The van der Waals surface area contributed by atoms with Crippen LogP contribution < -0.4 is 9.80 Å². The molecule has 2 aromatic rings. The van der Waals surface area contributed by atoms with E-state index >= 15 is 0 Å². The number of anilines is 3. The molecule has 0 spiro atoms. The summed E-state index contributed by atoms with van der Waals surface area (Å²) in [4.78, 5) is 4.65. The first-order valence-corrected chi connectivity index (χ1v) is 5.91. The van der Waals surface area contributed by atoms with Crippen LogP contribution in [0, 0.1) is 6.92 Å². The van der Waals surface area contributed by atoms with Crippen LogP contribution in [0.25, 0.3) is 0 Å². The Balaban J connectivity index is 2.11. The molecule has 0 aliphatic carbocycles. The predicted molar refractivity (Wildman–Crippen MR) is 73.0 cm³/mol. The van der Waals surface area contributed by atoms with Gasteiger partial charge in [-0.25, -0.2) is 0 Å². The van der Waals surface area contributed by atoms with E-state index in [1.54, 1.807) is 0 Å². The van der Waals surface area contributed by atoms with Crippen LogP contribution in [0.5, 0.6) is 0 Å². The Morgan fingerprint density at radius 2 is 1.41 bits per heavy atom. The fourth-order valence-electron chi connectivity index (χ4n) is 2.45. The van der Waals surface area contributed by atoms with Gasteiger partial charge in [-0.15, -0.1) is 0 Å². The number of nitrogens with zero attached hydrogens (tertiary/aromatic N) is 2. The molecule has 17 heavy (non-hydrogen) atoms. The van der Waals surface area contributed by atoms with E-state index in [9.17, 15) is 0 Å². The number of hydrogen-bond donors (Lipinski definition) is 0. The molecule has 0 bridgehead atoms. The second kappa shape index (κ2) is 3.81. The molecule has 2 nitrogen and oxygen atoms in total. The van der Waals surface area contributed by atoms with Gasteiger partial charge in [0.05, 0.1) is 18.0 Å². The molecule has 0 radical (unpaired) electrons. The average Bonchev–Trinajstić information content (AvgIpc) is 2.68. The van der Waals surface area contributed by atoms with Gasteiger partial charge < -0.3 is 9.80 Å². The third kappa shape index (κ3) is 1.57. The summed E-state index contributed by atoms with van der Waals surface area (Å²) in [6.07, 6.45) is 0. The van der Waals surface area contributed by atoms with E-state index in [1.165, 1.54) is 22.6 Å². The molecule has 0 amide bonds. The summed E-state index contributed by atoms with van der Waals surface area (Å²) < 4.78 is 0. The molecule has 1 aliphatic rings. The molecule has 86 valence electrons. The van der Waals surface area contributed by atoms with Crippen molar-refractivity contribution in [2.24, 2.45) is 0 Å². The lowest BCUT2D eigenvalue weighted by Gasteiger charge is -2.21. The molecule has 0 saturated heterocycles. The molecular weight excluding hydrogens is 208 g/mol.